The molecule has 0 spiro atoms. The van der Waals surface area contributed by atoms with Gasteiger partial charge >= 0.3 is 0 Å². The van der Waals surface area contributed by atoms with E-state index in [0.29, 0.717) is 0 Å². The summed E-state index contributed by atoms with van der Waals surface area (Å²) in [6, 6.07) is 19.1. The lowest BCUT2D eigenvalue weighted by molar-refractivity contribution is 1.41. The van der Waals surface area contributed by atoms with Crippen LogP contribution in [0.2, 0.25) is 0 Å². The van der Waals surface area contributed by atoms with Crippen LogP contribution in [0.25, 0.3) is 10.9 Å². The van der Waals surface area contributed by atoms with E-state index in [4.69, 9.17) is 11.5 Å². The van der Waals surface area contributed by atoms with E-state index in [2.05, 4.69) is 4.98 Å². The van der Waals surface area contributed by atoms with E-state index in [1.165, 1.54) is 0 Å². The second-order valence-corrected chi connectivity index (χ2v) is 3.83. The van der Waals surface area contributed by atoms with Crippen molar-refractivity contribution in [2.45, 2.75) is 0 Å². The molecule has 3 aromatic rings. The van der Waals surface area contributed by atoms with Gasteiger partial charge < -0.3 is 11.5 Å². The third-order valence-corrected chi connectivity index (χ3v) is 2.48. The van der Waals surface area contributed by atoms with Crippen molar-refractivity contribution in [3.05, 3.63) is 66.9 Å². The fourth-order valence-electron chi connectivity index (χ4n) is 1.58. The number of nitrogen functional groups attached to an aromatic ring is 2. The molecular weight excluding hydrogens is 222 g/mol. The van der Waals surface area contributed by atoms with Gasteiger partial charge in [0.2, 0.25) is 0 Å². The molecule has 0 unspecified atom stereocenters. The first kappa shape index (κ1) is 11.9. The van der Waals surface area contributed by atoms with Gasteiger partial charge in [-0.3, -0.25) is 4.98 Å². The maximum absolute atomic E-state index is 5.72. The average Bonchev–Trinajstić information content (AvgIpc) is 2.41. The van der Waals surface area contributed by atoms with Crippen molar-refractivity contribution in [3.63, 3.8) is 0 Å². The number of rotatable bonds is 0. The predicted molar refractivity (Wildman–Crippen MR) is 77.0 cm³/mol. The number of nitrogens with zero attached hydrogens (tertiary/aromatic N) is 1. The monoisotopic (exact) mass is 237 g/mol. The van der Waals surface area contributed by atoms with Gasteiger partial charge in [0, 0.05) is 23.0 Å². The van der Waals surface area contributed by atoms with Crippen molar-refractivity contribution in [2.24, 2.45) is 0 Å². The van der Waals surface area contributed by atoms with Crippen molar-refractivity contribution in [1.29, 1.82) is 0 Å². The molecule has 1 heterocycles. The van der Waals surface area contributed by atoms with E-state index in [1.54, 1.807) is 6.20 Å². The van der Waals surface area contributed by atoms with Gasteiger partial charge in [0.25, 0.3) is 0 Å². The van der Waals surface area contributed by atoms with E-state index in [0.717, 1.165) is 22.3 Å². The highest BCUT2D eigenvalue weighted by Gasteiger charge is 1.94. The van der Waals surface area contributed by atoms with E-state index in [-0.39, 0.29) is 0 Å². The minimum atomic E-state index is 0.788. The molecule has 4 N–H and O–H groups in total. The first-order valence-corrected chi connectivity index (χ1v) is 5.67. The third kappa shape index (κ3) is 2.98. The lowest BCUT2D eigenvalue weighted by Gasteiger charge is -1.97. The van der Waals surface area contributed by atoms with Crippen LogP contribution in [-0.4, -0.2) is 4.98 Å². The summed E-state index contributed by atoms with van der Waals surface area (Å²) < 4.78 is 0. The molecule has 0 saturated heterocycles. The number of fused-ring (bicyclic) bond motifs is 1. The molecule has 0 fully saturated rings. The fraction of sp³-hybridized carbons (Fsp3) is 0. The van der Waals surface area contributed by atoms with Crippen LogP contribution in [0.4, 0.5) is 11.4 Å². The maximum atomic E-state index is 5.72. The van der Waals surface area contributed by atoms with Crippen LogP contribution in [0.5, 0.6) is 0 Å². The molecule has 3 nitrogen and oxygen atoms in total. The molecule has 90 valence electrons. The quantitative estimate of drug-likeness (QED) is 0.590. The molecule has 0 aliphatic rings. The summed E-state index contributed by atoms with van der Waals surface area (Å²) in [6.07, 6.45) is 1.77. The molecule has 3 heteroatoms. The van der Waals surface area contributed by atoms with Crippen LogP contribution >= 0.6 is 0 Å². The summed E-state index contributed by atoms with van der Waals surface area (Å²) in [5.41, 5.74) is 13.6. The molecule has 0 atom stereocenters. The number of benzene rings is 2. The average molecular weight is 237 g/mol. The van der Waals surface area contributed by atoms with Gasteiger partial charge in [0.05, 0.1) is 5.52 Å². The third-order valence-electron chi connectivity index (χ3n) is 2.48. The summed E-state index contributed by atoms with van der Waals surface area (Å²) in [6.45, 7) is 0. The van der Waals surface area contributed by atoms with Crippen molar-refractivity contribution >= 4 is 22.3 Å². The minimum Gasteiger partial charge on any atom is -0.399 e. The Kier molecular flexibility index (Phi) is 3.76. The molecule has 18 heavy (non-hydrogen) atoms. The minimum absolute atomic E-state index is 0.788. The number of anilines is 2. The zero-order valence-corrected chi connectivity index (χ0v) is 9.95. The first-order chi connectivity index (χ1) is 8.77. The smallest absolute Gasteiger partial charge is 0.0722 e. The number of pyridine rings is 1. The van der Waals surface area contributed by atoms with Gasteiger partial charge in [-0.15, -0.1) is 0 Å². The van der Waals surface area contributed by atoms with Crippen LogP contribution < -0.4 is 11.5 Å². The van der Waals surface area contributed by atoms with Crippen molar-refractivity contribution in [2.75, 3.05) is 11.5 Å². The molecule has 3 rings (SSSR count). The number of para-hydroxylation sites is 1. The zero-order valence-electron chi connectivity index (χ0n) is 9.95. The summed E-state index contributed by atoms with van der Waals surface area (Å²) in [5, 5.41) is 1.02. The summed E-state index contributed by atoms with van der Waals surface area (Å²) in [5.74, 6) is 0. The topological polar surface area (TPSA) is 64.9 Å². The zero-order chi connectivity index (χ0) is 12.8. The molecule has 0 radical (unpaired) electrons. The number of aromatic nitrogens is 1. The van der Waals surface area contributed by atoms with Crippen molar-refractivity contribution in [3.8, 4) is 0 Å². The summed E-state index contributed by atoms with van der Waals surface area (Å²) >= 11 is 0. The molecular formula is C15H15N3. The summed E-state index contributed by atoms with van der Waals surface area (Å²) in [4.78, 5) is 4.16. The lowest BCUT2D eigenvalue weighted by Crippen LogP contribution is -1.86. The molecule has 0 bridgehead atoms. The van der Waals surface area contributed by atoms with Gasteiger partial charge in [-0.25, -0.2) is 0 Å². The Labute approximate surface area is 106 Å². The number of nitrogens with two attached hydrogens (primary N) is 2. The summed E-state index contributed by atoms with van der Waals surface area (Å²) in [7, 11) is 0. The molecule has 0 saturated carbocycles. The second-order valence-electron chi connectivity index (χ2n) is 3.83. The highest BCUT2D eigenvalue weighted by atomic mass is 14.7. The fourth-order valence-corrected chi connectivity index (χ4v) is 1.58. The molecule has 0 aliphatic heterocycles. The van der Waals surface area contributed by atoms with Crippen LogP contribution in [0.3, 0.4) is 0 Å². The van der Waals surface area contributed by atoms with Crippen LogP contribution in [0.15, 0.2) is 66.9 Å². The second kappa shape index (κ2) is 5.68. The van der Waals surface area contributed by atoms with Crippen LogP contribution in [-0.2, 0) is 0 Å². The Morgan fingerprint density at radius 1 is 0.722 bits per heavy atom. The van der Waals surface area contributed by atoms with Gasteiger partial charge in [0.1, 0.15) is 0 Å². The Morgan fingerprint density at radius 2 is 1.50 bits per heavy atom. The maximum Gasteiger partial charge on any atom is 0.0722 e. The number of hydrogen-bond donors (Lipinski definition) is 2. The lowest BCUT2D eigenvalue weighted by atomic mass is 10.2. The number of hydrogen-bond acceptors (Lipinski definition) is 3. The molecule has 0 aliphatic carbocycles. The largest absolute Gasteiger partial charge is 0.399 e. The van der Waals surface area contributed by atoms with Gasteiger partial charge in [-0.05, 0) is 36.4 Å². The molecule has 0 amide bonds. The molecule has 1 aromatic heterocycles. The van der Waals surface area contributed by atoms with Crippen LogP contribution in [0.1, 0.15) is 0 Å². The standard InChI is InChI=1S/C9H8N2.C6H7N/c10-8-4-1-5-9-7(8)3-2-6-11-9;7-6-4-2-1-3-5-6/h1-6H,10H2;1-5H,7H2. The van der Waals surface area contributed by atoms with Crippen molar-refractivity contribution < 1.29 is 0 Å². The SMILES string of the molecule is Nc1cccc2ncccc12.Nc1ccccc1. The molecule has 2 aromatic carbocycles. The van der Waals surface area contributed by atoms with Gasteiger partial charge in [-0.2, -0.15) is 0 Å². The Bertz CT molecular complexity index is 615. The highest BCUT2D eigenvalue weighted by molar-refractivity contribution is 5.89. The van der Waals surface area contributed by atoms with Gasteiger partial charge in [-0.1, -0.05) is 24.3 Å². The highest BCUT2D eigenvalue weighted by Crippen LogP contribution is 2.17. The Morgan fingerprint density at radius 3 is 2.11 bits per heavy atom. The van der Waals surface area contributed by atoms with Gasteiger partial charge in [0.15, 0.2) is 0 Å². The van der Waals surface area contributed by atoms with E-state index in [9.17, 15) is 0 Å². The predicted octanol–water partition coefficient (Wildman–Crippen LogP) is 3.09. The van der Waals surface area contributed by atoms with Crippen LogP contribution in [0, 0.1) is 0 Å². The van der Waals surface area contributed by atoms with E-state index >= 15 is 0 Å². The van der Waals surface area contributed by atoms with Crippen molar-refractivity contribution in [1.82, 2.24) is 4.98 Å². The Balaban J connectivity index is 0.000000149. The van der Waals surface area contributed by atoms with E-state index in [1.807, 2.05) is 60.7 Å². The Hall–Kier alpha value is -2.55. The van der Waals surface area contributed by atoms with E-state index < -0.39 is 0 Å². The normalized spacial score (nSPS) is 9.56. The first-order valence-electron chi connectivity index (χ1n) is 5.67.